The fraction of sp³-hybridized carbons (Fsp3) is 0.519. The lowest BCUT2D eigenvalue weighted by atomic mass is 9.93. The Balaban J connectivity index is 1.82. The molecule has 1 aliphatic rings. The summed E-state index contributed by atoms with van der Waals surface area (Å²) in [6.45, 7) is 12.7. The Morgan fingerprint density at radius 1 is 0.939 bits per heavy atom. The van der Waals surface area contributed by atoms with E-state index in [9.17, 15) is 4.79 Å². The Labute approximate surface area is 198 Å². The molecule has 6 nitrogen and oxygen atoms in total. The minimum absolute atomic E-state index is 0.0856. The fourth-order valence-electron chi connectivity index (χ4n) is 4.20. The quantitative estimate of drug-likeness (QED) is 0.556. The van der Waals surface area contributed by atoms with Gasteiger partial charge in [0.25, 0.3) is 0 Å². The monoisotopic (exact) mass is 453 g/mol. The average Bonchev–Trinajstić information content (AvgIpc) is 3.06. The van der Waals surface area contributed by atoms with Crippen LogP contribution in [0, 0.1) is 0 Å². The lowest BCUT2D eigenvalue weighted by Gasteiger charge is -2.30. The molecule has 3 rings (SSSR count). The number of nitrogens with zero attached hydrogens (tertiary/aromatic N) is 1. The minimum Gasteiger partial charge on any atom is -0.378 e. The number of carbonyl (C=O) groups excluding carboxylic acids is 1. The molecule has 1 fully saturated rings. The number of benzene rings is 2. The summed E-state index contributed by atoms with van der Waals surface area (Å²) in [6.07, 6.45) is -0.171. The minimum atomic E-state index is -1.03. The molecule has 2 atom stereocenters. The van der Waals surface area contributed by atoms with Crippen LogP contribution in [0.5, 0.6) is 0 Å². The van der Waals surface area contributed by atoms with Gasteiger partial charge in [-0.05, 0) is 48.9 Å². The van der Waals surface area contributed by atoms with Crippen molar-refractivity contribution in [2.75, 3.05) is 30.9 Å². The Hall–Kier alpha value is -2.57. The van der Waals surface area contributed by atoms with Gasteiger partial charge in [0.15, 0.2) is 0 Å². The summed E-state index contributed by atoms with van der Waals surface area (Å²) in [5.74, 6) is -0.438. The molecule has 0 radical (unpaired) electrons. The van der Waals surface area contributed by atoms with Crippen molar-refractivity contribution in [2.24, 2.45) is 0 Å². The van der Waals surface area contributed by atoms with E-state index < -0.39 is 5.79 Å². The van der Waals surface area contributed by atoms with Crippen LogP contribution in [-0.4, -0.2) is 38.9 Å². The van der Waals surface area contributed by atoms with Crippen LogP contribution in [-0.2, 0) is 15.3 Å². The molecule has 0 spiro atoms. The molecule has 2 N–H and O–H groups in total. The van der Waals surface area contributed by atoms with Crippen LogP contribution >= 0.6 is 0 Å². The SMILES string of the molecule is CC(C)c1cccc(C(C)C)c1NC(=O)NCC1(c2ccc(N(C)C)cc2)O[C@H](C)[C@@H](C)O1. The topological polar surface area (TPSA) is 62.8 Å². The molecule has 1 aliphatic heterocycles. The van der Waals surface area contributed by atoms with Crippen molar-refractivity contribution >= 4 is 17.4 Å². The van der Waals surface area contributed by atoms with Crippen molar-refractivity contribution in [1.82, 2.24) is 5.32 Å². The summed E-state index contributed by atoms with van der Waals surface area (Å²) < 4.78 is 12.6. The Bertz CT molecular complexity index is 917. The van der Waals surface area contributed by atoms with E-state index in [1.165, 1.54) is 0 Å². The fourth-order valence-corrected chi connectivity index (χ4v) is 4.20. The third kappa shape index (κ3) is 5.50. The predicted molar refractivity (Wildman–Crippen MR) is 135 cm³/mol. The number of amides is 2. The third-order valence-corrected chi connectivity index (χ3v) is 6.33. The highest BCUT2D eigenvalue weighted by atomic mass is 16.8. The van der Waals surface area contributed by atoms with Crippen LogP contribution in [0.1, 0.15) is 70.1 Å². The molecule has 0 saturated carbocycles. The van der Waals surface area contributed by atoms with Gasteiger partial charge in [-0.25, -0.2) is 4.79 Å². The molecule has 0 aliphatic carbocycles. The van der Waals surface area contributed by atoms with Crippen LogP contribution in [0.2, 0.25) is 0 Å². The maximum atomic E-state index is 13.1. The highest BCUT2D eigenvalue weighted by Crippen LogP contribution is 2.38. The normalized spacial score (nSPS) is 19.7. The van der Waals surface area contributed by atoms with Crippen LogP contribution < -0.4 is 15.5 Å². The van der Waals surface area contributed by atoms with Gasteiger partial charge in [0, 0.05) is 31.0 Å². The van der Waals surface area contributed by atoms with Crippen LogP contribution in [0.25, 0.3) is 0 Å². The van der Waals surface area contributed by atoms with Gasteiger partial charge in [-0.1, -0.05) is 58.0 Å². The first-order valence-electron chi connectivity index (χ1n) is 11.8. The van der Waals surface area contributed by atoms with Crippen LogP contribution in [0.3, 0.4) is 0 Å². The molecule has 33 heavy (non-hydrogen) atoms. The summed E-state index contributed by atoms with van der Waals surface area (Å²) in [5, 5.41) is 6.13. The summed E-state index contributed by atoms with van der Waals surface area (Å²) in [4.78, 5) is 15.1. The number of para-hydroxylation sites is 1. The first-order chi connectivity index (χ1) is 15.5. The Morgan fingerprint density at radius 2 is 1.45 bits per heavy atom. The molecule has 0 bridgehead atoms. The third-order valence-electron chi connectivity index (χ3n) is 6.33. The van der Waals surface area contributed by atoms with Gasteiger partial charge in [-0.2, -0.15) is 0 Å². The molecule has 6 heteroatoms. The van der Waals surface area contributed by atoms with E-state index in [0.717, 1.165) is 28.1 Å². The number of hydrogen-bond acceptors (Lipinski definition) is 4. The zero-order chi connectivity index (χ0) is 24.3. The molecule has 0 unspecified atom stereocenters. The summed E-state index contributed by atoms with van der Waals surface area (Å²) in [6, 6.07) is 14.0. The maximum Gasteiger partial charge on any atom is 0.319 e. The molecule has 1 heterocycles. The highest BCUT2D eigenvalue weighted by Gasteiger charge is 2.46. The largest absolute Gasteiger partial charge is 0.378 e. The van der Waals surface area contributed by atoms with E-state index in [-0.39, 0.29) is 24.8 Å². The van der Waals surface area contributed by atoms with E-state index in [0.29, 0.717) is 11.8 Å². The van der Waals surface area contributed by atoms with Crippen molar-refractivity contribution < 1.29 is 14.3 Å². The van der Waals surface area contributed by atoms with Gasteiger partial charge < -0.3 is 25.0 Å². The van der Waals surface area contributed by atoms with Gasteiger partial charge in [0.05, 0.1) is 18.8 Å². The number of rotatable bonds is 7. The number of nitrogens with one attached hydrogen (secondary N) is 2. The highest BCUT2D eigenvalue weighted by molar-refractivity contribution is 5.91. The van der Waals surface area contributed by atoms with Crippen molar-refractivity contribution in [2.45, 2.75) is 71.4 Å². The molecule has 2 amide bonds. The number of hydrogen-bond donors (Lipinski definition) is 2. The standard InChI is InChI=1S/C27H39N3O3/c1-17(2)23-10-9-11-24(18(3)4)25(23)29-26(31)28-16-27(32-19(5)20(6)33-27)21-12-14-22(15-13-21)30(7)8/h9-15,17-20H,16H2,1-8H3,(H2,28,29,31)/t19-,20-/m1/s1. The van der Waals surface area contributed by atoms with Crippen molar-refractivity contribution in [3.05, 3.63) is 59.2 Å². The molecule has 180 valence electrons. The lowest BCUT2D eigenvalue weighted by molar-refractivity contribution is -0.176. The molecular formula is C27H39N3O3. The van der Waals surface area contributed by atoms with Crippen LogP contribution in [0.4, 0.5) is 16.2 Å². The van der Waals surface area contributed by atoms with Gasteiger partial charge in [-0.15, -0.1) is 0 Å². The molecule has 2 aromatic carbocycles. The van der Waals surface area contributed by atoms with E-state index in [1.807, 2.05) is 57.1 Å². The van der Waals surface area contributed by atoms with Gasteiger partial charge in [0.1, 0.15) is 0 Å². The smallest absolute Gasteiger partial charge is 0.319 e. The van der Waals surface area contributed by atoms with Crippen molar-refractivity contribution in [3.8, 4) is 0 Å². The van der Waals surface area contributed by atoms with E-state index in [2.05, 4.69) is 56.5 Å². The molecule has 2 aromatic rings. The summed E-state index contributed by atoms with van der Waals surface area (Å²) in [7, 11) is 4.01. The Morgan fingerprint density at radius 3 is 1.91 bits per heavy atom. The average molecular weight is 454 g/mol. The zero-order valence-corrected chi connectivity index (χ0v) is 21.2. The maximum absolute atomic E-state index is 13.1. The molecular weight excluding hydrogens is 414 g/mol. The van der Waals surface area contributed by atoms with E-state index in [1.54, 1.807) is 0 Å². The number of urea groups is 1. The second-order valence-corrected chi connectivity index (χ2v) is 9.77. The lowest BCUT2D eigenvalue weighted by Crippen LogP contribution is -2.44. The van der Waals surface area contributed by atoms with Gasteiger partial charge >= 0.3 is 6.03 Å². The molecule has 0 aromatic heterocycles. The predicted octanol–water partition coefficient (Wildman–Crippen LogP) is 5.80. The van der Waals surface area contributed by atoms with Crippen LogP contribution in [0.15, 0.2) is 42.5 Å². The van der Waals surface area contributed by atoms with Crippen molar-refractivity contribution in [3.63, 3.8) is 0 Å². The Kier molecular flexibility index (Phi) is 7.70. The van der Waals surface area contributed by atoms with Crippen molar-refractivity contribution in [1.29, 1.82) is 0 Å². The van der Waals surface area contributed by atoms with E-state index in [4.69, 9.17) is 9.47 Å². The van der Waals surface area contributed by atoms with Gasteiger partial charge in [-0.3, -0.25) is 0 Å². The zero-order valence-electron chi connectivity index (χ0n) is 21.2. The van der Waals surface area contributed by atoms with Gasteiger partial charge in [0.2, 0.25) is 5.79 Å². The summed E-state index contributed by atoms with van der Waals surface area (Å²) in [5.41, 5.74) is 5.11. The first kappa shape index (κ1) is 25.1. The first-order valence-corrected chi connectivity index (χ1v) is 11.8. The summed E-state index contributed by atoms with van der Waals surface area (Å²) >= 11 is 0. The number of anilines is 2. The number of ether oxygens (including phenoxy) is 2. The second-order valence-electron chi connectivity index (χ2n) is 9.77. The molecule has 1 saturated heterocycles. The number of carbonyl (C=O) groups is 1. The second kappa shape index (κ2) is 10.1. The van der Waals surface area contributed by atoms with E-state index >= 15 is 0 Å².